The number of benzene rings is 3. The molecule has 0 radical (unpaired) electrons. The van der Waals surface area contributed by atoms with Gasteiger partial charge < -0.3 is 14.2 Å². The normalized spacial score (nSPS) is 11.9. The fourth-order valence-electron chi connectivity index (χ4n) is 2.63. The summed E-state index contributed by atoms with van der Waals surface area (Å²) in [5.74, 6) is 2.01. The maximum absolute atomic E-state index is 12.0. The topological polar surface area (TPSA) is 44.8 Å². The van der Waals surface area contributed by atoms with Crippen molar-refractivity contribution in [2.24, 2.45) is 0 Å². The molecule has 0 unspecified atom stereocenters. The number of carbonyl (C=O) groups excluding carboxylic acids is 1. The first kappa shape index (κ1) is 12.7. The molecule has 3 aromatic carbocycles. The van der Waals surface area contributed by atoms with Crippen LogP contribution in [0.1, 0.15) is 10.4 Å². The molecule has 0 saturated heterocycles. The summed E-state index contributed by atoms with van der Waals surface area (Å²) in [5, 5.41) is 1.59. The minimum absolute atomic E-state index is 0.401. The second-order valence-corrected chi connectivity index (χ2v) is 4.94. The lowest BCUT2D eigenvalue weighted by Crippen LogP contribution is -2.06. The zero-order chi connectivity index (χ0) is 15.1. The zero-order valence-electron chi connectivity index (χ0n) is 11.8. The van der Waals surface area contributed by atoms with Crippen molar-refractivity contribution in [2.45, 2.75) is 0 Å². The van der Waals surface area contributed by atoms with E-state index < -0.39 is 5.97 Å². The Kier molecular flexibility index (Phi) is 2.76. The van der Waals surface area contributed by atoms with Gasteiger partial charge in [0, 0.05) is 10.8 Å². The second-order valence-electron chi connectivity index (χ2n) is 4.94. The first-order chi connectivity index (χ1) is 10.8. The van der Waals surface area contributed by atoms with Crippen molar-refractivity contribution >= 4 is 16.7 Å². The molecule has 4 nitrogen and oxygen atoms in total. The molecule has 1 heterocycles. The van der Waals surface area contributed by atoms with Crippen LogP contribution < -0.4 is 9.47 Å². The van der Waals surface area contributed by atoms with Crippen molar-refractivity contribution in [3.8, 4) is 23.0 Å². The van der Waals surface area contributed by atoms with Gasteiger partial charge in [-0.3, -0.25) is 0 Å². The van der Waals surface area contributed by atoms with E-state index >= 15 is 0 Å². The number of hydrogen-bond acceptors (Lipinski definition) is 4. The van der Waals surface area contributed by atoms with Crippen molar-refractivity contribution in [3.63, 3.8) is 0 Å². The molecule has 1 aliphatic rings. The number of esters is 1. The number of ether oxygens (including phenoxy) is 3. The molecule has 4 rings (SSSR count). The van der Waals surface area contributed by atoms with Crippen LogP contribution in [-0.4, -0.2) is 13.1 Å². The second kappa shape index (κ2) is 4.77. The van der Waals surface area contributed by atoms with Gasteiger partial charge in [0.15, 0.2) is 23.0 Å². The number of hydrogen-bond donors (Lipinski definition) is 0. The Morgan fingerprint density at radius 2 is 1.50 bits per heavy atom. The molecular formula is C18H12O4. The van der Waals surface area contributed by atoms with Crippen LogP contribution in [0.3, 0.4) is 0 Å². The Bertz CT molecular complexity index is 899. The predicted molar refractivity (Wildman–Crippen MR) is 81.9 cm³/mol. The molecule has 0 amide bonds. The molecule has 22 heavy (non-hydrogen) atoms. The van der Waals surface area contributed by atoms with Crippen molar-refractivity contribution in [1.82, 2.24) is 0 Å². The van der Waals surface area contributed by atoms with E-state index in [9.17, 15) is 4.79 Å². The molecule has 0 saturated carbocycles. The molecule has 0 N–H and O–H groups in total. The third-order valence-electron chi connectivity index (χ3n) is 3.65. The third kappa shape index (κ3) is 1.81. The molecule has 0 fully saturated rings. The Balaban J connectivity index is 1.99. The van der Waals surface area contributed by atoms with Crippen LogP contribution in [0.15, 0.2) is 54.6 Å². The molecule has 0 aromatic heterocycles. The van der Waals surface area contributed by atoms with Gasteiger partial charge in [-0.05, 0) is 18.2 Å². The summed E-state index contributed by atoms with van der Waals surface area (Å²) in [6.07, 6.45) is 0. The van der Waals surface area contributed by atoms with Crippen LogP contribution in [0.5, 0.6) is 23.0 Å². The first-order valence-electron chi connectivity index (χ1n) is 6.87. The van der Waals surface area contributed by atoms with Gasteiger partial charge in [0.2, 0.25) is 0 Å². The summed E-state index contributed by atoms with van der Waals surface area (Å²) in [6, 6.07) is 16.6. The monoisotopic (exact) mass is 292 g/mol. The van der Waals surface area contributed by atoms with Crippen LogP contribution in [0.25, 0.3) is 10.8 Å². The quantitative estimate of drug-likeness (QED) is 0.484. The van der Waals surface area contributed by atoms with Crippen LogP contribution >= 0.6 is 0 Å². The van der Waals surface area contributed by atoms with Gasteiger partial charge in [-0.15, -0.1) is 0 Å². The van der Waals surface area contributed by atoms with Crippen LogP contribution in [0, 0.1) is 0 Å². The van der Waals surface area contributed by atoms with Crippen molar-refractivity contribution in [2.75, 3.05) is 7.11 Å². The van der Waals surface area contributed by atoms with E-state index in [1.54, 1.807) is 6.07 Å². The molecule has 0 aliphatic carbocycles. The van der Waals surface area contributed by atoms with E-state index in [-0.39, 0.29) is 0 Å². The molecular weight excluding hydrogens is 280 g/mol. The highest BCUT2D eigenvalue weighted by Crippen LogP contribution is 2.49. The van der Waals surface area contributed by atoms with Gasteiger partial charge in [0.1, 0.15) is 0 Å². The van der Waals surface area contributed by atoms with E-state index in [2.05, 4.69) is 0 Å². The number of fused-ring (bicyclic) bond motifs is 4. The minimum Gasteiger partial charge on any atom is -0.465 e. The molecule has 0 bridgehead atoms. The van der Waals surface area contributed by atoms with Crippen molar-refractivity contribution < 1.29 is 19.0 Å². The zero-order valence-corrected chi connectivity index (χ0v) is 11.8. The van der Waals surface area contributed by atoms with Crippen LogP contribution in [-0.2, 0) is 4.74 Å². The first-order valence-corrected chi connectivity index (χ1v) is 6.87. The maximum Gasteiger partial charge on any atom is 0.338 e. The fraction of sp³-hybridized carbons (Fsp3) is 0.0556. The Hall–Kier alpha value is -3.01. The number of methoxy groups -OCH3 is 1. The Morgan fingerprint density at radius 3 is 2.23 bits per heavy atom. The number of para-hydroxylation sites is 2. The SMILES string of the molecule is COC(=O)c1cc2c(c3ccccc13)Oc1ccccc1O2. The fourth-order valence-corrected chi connectivity index (χ4v) is 2.63. The standard InChI is InChI=1S/C18H12O4/c1-20-18(19)13-10-16-17(12-7-3-2-6-11(12)13)22-15-9-5-4-8-14(15)21-16/h2-10H,1H3. The highest BCUT2D eigenvalue weighted by atomic mass is 16.6. The summed E-state index contributed by atoms with van der Waals surface area (Å²) in [7, 11) is 1.36. The average molecular weight is 292 g/mol. The lowest BCUT2D eigenvalue weighted by atomic mass is 10.0. The Labute approximate surface area is 126 Å². The van der Waals surface area contributed by atoms with Gasteiger partial charge in [-0.2, -0.15) is 0 Å². The van der Waals surface area contributed by atoms with Gasteiger partial charge in [0.05, 0.1) is 12.7 Å². The van der Waals surface area contributed by atoms with E-state index in [0.29, 0.717) is 28.6 Å². The van der Waals surface area contributed by atoms with E-state index in [1.807, 2.05) is 48.5 Å². The van der Waals surface area contributed by atoms with Gasteiger partial charge in [-0.1, -0.05) is 36.4 Å². The molecule has 3 aromatic rings. The number of rotatable bonds is 1. The highest BCUT2D eigenvalue weighted by Gasteiger charge is 2.24. The smallest absolute Gasteiger partial charge is 0.338 e. The average Bonchev–Trinajstić information content (AvgIpc) is 2.58. The minimum atomic E-state index is -0.401. The summed E-state index contributed by atoms with van der Waals surface area (Å²) < 4.78 is 16.7. The molecule has 4 heteroatoms. The molecule has 108 valence electrons. The molecule has 0 atom stereocenters. The van der Waals surface area contributed by atoms with Crippen LogP contribution in [0.4, 0.5) is 0 Å². The number of carbonyl (C=O) groups is 1. The lowest BCUT2D eigenvalue weighted by Gasteiger charge is -2.22. The van der Waals surface area contributed by atoms with Crippen molar-refractivity contribution in [1.29, 1.82) is 0 Å². The Morgan fingerprint density at radius 1 is 0.864 bits per heavy atom. The summed E-state index contributed by atoms with van der Waals surface area (Å²) in [6.45, 7) is 0. The van der Waals surface area contributed by atoms with Crippen LogP contribution in [0.2, 0.25) is 0 Å². The lowest BCUT2D eigenvalue weighted by molar-refractivity contribution is 0.0602. The third-order valence-corrected chi connectivity index (χ3v) is 3.65. The summed E-state index contributed by atoms with van der Waals surface area (Å²) in [4.78, 5) is 12.0. The van der Waals surface area contributed by atoms with E-state index in [0.717, 1.165) is 10.8 Å². The summed E-state index contributed by atoms with van der Waals surface area (Å²) >= 11 is 0. The van der Waals surface area contributed by atoms with E-state index in [1.165, 1.54) is 7.11 Å². The van der Waals surface area contributed by atoms with Gasteiger partial charge in [-0.25, -0.2) is 4.79 Å². The van der Waals surface area contributed by atoms with Gasteiger partial charge >= 0.3 is 5.97 Å². The molecule has 0 spiro atoms. The van der Waals surface area contributed by atoms with Crippen molar-refractivity contribution in [3.05, 3.63) is 60.2 Å². The van der Waals surface area contributed by atoms with Gasteiger partial charge in [0.25, 0.3) is 0 Å². The maximum atomic E-state index is 12.0. The summed E-state index contributed by atoms with van der Waals surface area (Å²) in [5.41, 5.74) is 0.458. The van der Waals surface area contributed by atoms with E-state index in [4.69, 9.17) is 14.2 Å². The largest absolute Gasteiger partial charge is 0.465 e. The molecule has 1 aliphatic heterocycles. The highest BCUT2D eigenvalue weighted by molar-refractivity contribution is 6.08. The predicted octanol–water partition coefficient (Wildman–Crippen LogP) is 4.52.